The summed E-state index contributed by atoms with van der Waals surface area (Å²) in [4.78, 5) is 30.5. The van der Waals surface area contributed by atoms with E-state index in [9.17, 15) is 9.59 Å². The lowest BCUT2D eigenvalue weighted by Crippen LogP contribution is -2.40. The van der Waals surface area contributed by atoms with Crippen LogP contribution < -0.4 is 10.9 Å². The summed E-state index contributed by atoms with van der Waals surface area (Å²) in [5, 5.41) is 4.39. The molecule has 0 aliphatic carbocycles. The van der Waals surface area contributed by atoms with Crippen LogP contribution in [0.5, 0.6) is 0 Å². The highest BCUT2D eigenvalue weighted by molar-refractivity contribution is 6.30. The molecular formula is C24H26ClN3O3. The Morgan fingerprint density at radius 3 is 2.84 bits per heavy atom. The molecule has 4 rings (SSSR count). The summed E-state index contributed by atoms with van der Waals surface area (Å²) in [6, 6.07) is 12.7. The number of H-pyrrole nitrogens is 1. The Kier molecular flexibility index (Phi) is 6.30. The van der Waals surface area contributed by atoms with Gasteiger partial charge in [0.2, 0.25) is 0 Å². The summed E-state index contributed by atoms with van der Waals surface area (Å²) >= 11 is 6.05. The number of hydrogen-bond acceptors (Lipinski definition) is 3. The highest BCUT2D eigenvalue weighted by atomic mass is 35.5. The molecule has 0 bridgehead atoms. The summed E-state index contributed by atoms with van der Waals surface area (Å²) < 4.78 is 5.74. The number of carbonyl (C=O) groups excluding carboxylic acids is 1. The topological polar surface area (TPSA) is 74.4 Å². The molecule has 0 spiro atoms. The fraction of sp³-hybridized carbons (Fsp3) is 0.333. The van der Waals surface area contributed by atoms with Gasteiger partial charge in [0.1, 0.15) is 0 Å². The van der Waals surface area contributed by atoms with E-state index in [1.165, 1.54) is 0 Å². The van der Waals surface area contributed by atoms with Crippen LogP contribution in [0.1, 0.15) is 29.5 Å². The van der Waals surface area contributed by atoms with Gasteiger partial charge in [0.25, 0.3) is 5.56 Å². The zero-order chi connectivity index (χ0) is 22.0. The smallest absolute Gasteiger partial charge is 0.322 e. The van der Waals surface area contributed by atoms with Gasteiger partial charge in [-0.3, -0.25) is 4.79 Å². The second-order valence-electron chi connectivity index (χ2n) is 8.13. The van der Waals surface area contributed by atoms with Crippen LogP contribution in [0.4, 0.5) is 10.5 Å². The van der Waals surface area contributed by atoms with E-state index in [0.29, 0.717) is 29.4 Å². The van der Waals surface area contributed by atoms with Gasteiger partial charge in [-0.2, -0.15) is 0 Å². The van der Waals surface area contributed by atoms with Gasteiger partial charge in [-0.25, -0.2) is 4.79 Å². The number of hydrogen-bond donors (Lipinski definition) is 2. The van der Waals surface area contributed by atoms with Crippen molar-refractivity contribution >= 4 is 34.2 Å². The average Bonchev–Trinajstić information content (AvgIpc) is 3.22. The lowest BCUT2D eigenvalue weighted by atomic mass is 10.1. The Balaban J connectivity index is 1.62. The number of amides is 2. The van der Waals surface area contributed by atoms with Crippen LogP contribution in [0.15, 0.2) is 47.3 Å². The number of aryl methyl sites for hydroxylation is 2. The van der Waals surface area contributed by atoms with Crippen molar-refractivity contribution in [3.63, 3.8) is 0 Å². The highest BCUT2D eigenvalue weighted by Gasteiger charge is 2.24. The van der Waals surface area contributed by atoms with E-state index < -0.39 is 0 Å². The molecule has 7 heteroatoms. The molecule has 6 nitrogen and oxygen atoms in total. The van der Waals surface area contributed by atoms with Crippen molar-refractivity contribution in [3.05, 3.63) is 74.5 Å². The van der Waals surface area contributed by atoms with Gasteiger partial charge in [-0.05, 0) is 68.0 Å². The van der Waals surface area contributed by atoms with Crippen molar-refractivity contribution < 1.29 is 9.53 Å². The molecule has 0 radical (unpaired) electrons. The molecule has 31 heavy (non-hydrogen) atoms. The van der Waals surface area contributed by atoms with Crippen molar-refractivity contribution in [3.8, 4) is 0 Å². The van der Waals surface area contributed by atoms with Gasteiger partial charge < -0.3 is 19.9 Å². The van der Waals surface area contributed by atoms with E-state index in [-0.39, 0.29) is 24.2 Å². The number of halogens is 1. The molecule has 1 aromatic heterocycles. The Labute approximate surface area is 186 Å². The first-order chi connectivity index (χ1) is 14.9. The van der Waals surface area contributed by atoms with E-state index in [2.05, 4.69) is 10.3 Å². The minimum Gasteiger partial charge on any atom is -0.376 e. The third kappa shape index (κ3) is 5.09. The van der Waals surface area contributed by atoms with Crippen molar-refractivity contribution in [2.45, 2.75) is 39.3 Å². The van der Waals surface area contributed by atoms with Crippen molar-refractivity contribution in [1.82, 2.24) is 9.88 Å². The number of fused-ring (bicyclic) bond motifs is 1. The van der Waals surface area contributed by atoms with Crippen LogP contribution in [-0.2, 0) is 11.3 Å². The number of aromatic nitrogens is 1. The van der Waals surface area contributed by atoms with E-state index in [1.54, 1.807) is 29.2 Å². The first-order valence-corrected chi connectivity index (χ1v) is 10.8. The maximum absolute atomic E-state index is 13.1. The predicted octanol–water partition coefficient (Wildman–Crippen LogP) is 5.01. The van der Waals surface area contributed by atoms with Gasteiger partial charge in [0.05, 0.1) is 18.2 Å². The highest BCUT2D eigenvalue weighted by Crippen LogP contribution is 2.21. The molecule has 2 aromatic carbocycles. The molecule has 1 aliphatic rings. The van der Waals surface area contributed by atoms with Crippen LogP contribution in [0.25, 0.3) is 10.9 Å². The normalized spacial score (nSPS) is 15.9. The number of benzene rings is 2. The van der Waals surface area contributed by atoms with Gasteiger partial charge in [-0.15, -0.1) is 0 Å². The quantitative estimate of drug-likeness (QED) is 0.586. The maximum atomic E-state index is 13.1. The number of rotatable bonds is 5. The van der Waals surface area contributed by atoms with Gasteiger partial charge >= 0.3 is 6.03 Å². The van der Waals surface area contributed by atoms with Crippen LogP contribution in [0.3, 0.4) is 0 Å². The molecule has 2 N–H and O–H groups in total. The monoisotopic (exact) mass is 439 g/mol. The molecule has 1 fully saturated rings. The zero-order valence-corrected chi connectivity index (χ0v) is 18.5. The summed E-state index contributed by atoms with van der Waals surface area (Å²) in [5.41, 5.74) is 3.93. The molecular weight excluding hydrogens is 414 g/mol. The fourth-order valence-electron chi connectivity index (χ4n) is 4.08. The van der Waals surface area contributed by atoms with Gasteiger partial charge in [0, 0.05) is 29.4 Å². The number of pyridine rings is 1. The van der Waals surface area contributed by atoms with E-state index in [4.69, 9.17) is 16.3 Å². The third-order valence-corrected chi connectivity index (χ3v) is 5.78. The van der Waals surface area contributed by atoms with Crippen LogP contribution in [-0.4, -0.2) is 35.2 Å². The molecule has 3 aromatic rings. The Morgan fingerprint density at radius 1 is 1.26 bits per heavy atom. The first-order valence-electron chi connectivity index (χ1n) is 10.5. The lowest BCUT2D eigenvalue weighted by molar-refractivity contribution is 0.0818. The summed E-state index contributed by atoms with van der Waals surface area (Å²) in [7, 11) is 0. The molecule has 1 aliphatic heterocycles. The van der Waals surface area contributed by atoms with Gasteiger partial charge in [-0.1, -0.05) is 29.3 Å². The van der Waals surface area contributed by atoms with E-state index in [0.717, 1.165) is 34.9 Å². The van der Waals surface area contributed by atoms with Crippen LogP contribution in [0, 0.1) is 13.8 Å². The summed E-state index contributed by atoms with van der Waals surface area (Å²) in [5.74, 6) is 0. The number of aromatic amines is 1. The van der Waals surface area contributed by atoms with Crippen molar-refractivity contribution in [2.75, 3.05) is 18.5 Å². The largest absolute Gasteiger partial charge is 0.376 e. The second-order valence-corrected chi connectivity index (χ2v) is 8.56. The zero-order valence-electron chi connectivity index (χ0n) is 17.7. The summed E-state index contributed by atoms with van der Waals surface area (Å²) in [6.45, 7) is 5.30. The molecule has 162 valence electrons. The fourth-order valence-corrected chi connectivity index (χ4v) is 4.27. The molecule has 2 amide bonds. The lowest BCUT2D eigenvalue weighted by Gasteiger charge is -2.26. The molecule has 1 atom stereocenters. The molecule has 0 unspecified atom stereocenters. The second kappa shape index (κ2) is 9.12. The maximum Gasteiger partial charge on any atom is 0.322 e. The Hall–Kier alpha value is -2.83. The number of urea groups is 1. The third-order valence-electron chi connectivity index (χ3n) is 5.54. The van der Waals surface area contributed by atoms with Crippen molar-refractivity contribution in [1.29, 1.82) is 0 Å². The number of nitrogens with zero attached hydrogens (tertiary/aromatic N) is 1. The van der Waals surface area contributed by atoms with Crippen LogP contribution >= 0.6 is 11.6 Å². The van der Waals surface area contributed by atoms with E-state index >= 15 is 0 Å². The number of carbonyl (C=O) groups is 1. The Bertz CT molecular complexity index is 1170. The van der Waals surface area contributed by atoms with E-state index in [1.807, 2.05) is 32.0 Å². The standard InChI is InChI=1S/C24H26ClN3O3/c1-15-9-16(2)22-17(10-15)11-18(23(29)27-22)13-28(14-21-7-4-8-31-21)24(30)26-20-6-3-5-19(25)12-20/h3,5-6,9-12,21H,4,7-8,13-14H2,1-2H3,(H,26,30)(H,27,29)/t21-/m0/s1. The summed E-state index contributed by atoms with van der Waals surface area (Å²) in [6.07, 6.45) is 1.84. The first kappa shape index (κ1) is 21.4. The molecule has 1 saturated heterocycles. The number of nitrogens with one attached hydrogen (secondary N) is 2. The van der Waals surface area contributed by atoms with Crippen molar-refractivity contribution in [2.24, 2.45) is 0 Å². The minimum absolute atomic E-state index is 0.0332. The average molecular weight is 440 g/mol. The minimum atomic E-state index is -0.294. The van der Waals surface area contributed by atoms with Crippen LogP contribution in [0.2, 0.25) is 5.02 Å². The van der Waals surface area contributed by atoms with Gasteiger partial charge in [0.15, 0.2) is 0 Å². The Morgan fingerprint density at radius 2 is 2.10 bits per heavy atom. The number of ether oxygens (including phenoxy) is 1. The molecule has 2 heterocycles. The molecule has 0 saturated carbocycles. The predicted molar refractivity (Wildman–Crippen MR) is 124 cm³/mol. The SMILES string of the molecule is Cc1cc(C)c2[nH]c(=O)c(CN(C[C@@H]3CCCO3)C(=O)Nc3cccc(Cl)c3)cc2c1. The number of anilines is 1.